The lowest BCUT2D eigenvalue weighted by atomic mass is 10.1. The number of anilines is 2. The Balaban J connectivity index is 1.28. The number of nitriles is 1. The highest BCUT2D eigenvalue weighted by Gasteiger charge is 2.58. The first-order chi connectivity index (χ1) is 16.3. The van der Waals surface area contributed by atoms with Gasteiger partial charge in [-0.2, -0.15) is 10.2 Å². The number of nitrogens with zero attached hydrogens (tertiary/aromatic N) is 8. The summed E-state index contributed by atoms with van der Waals surface area (Å²) in [5, 5.41) is 12.9. The zero-order valence-electron chi connectivity index (χ0n) is 18.4. The predicted molar refractivity (Wildman–Crippen MR) is 118 cm³/mol. The molecule has 1 aliphatic carbocycles. The van der Waals surface area contributed by atoms with E-state index in [1.807, 2.05) is 4.90 Å². The summed E-state index contributed by atoms with van der Waals surface area (Å²) in [6.45, 7) is 4.70. The molecule has 5 rings (SSSR count). The second kappa shape index (κ2) is 8.02. The third kappa shape index (κ3) is 3.49. The second-order valence-corrected chi connectivity index (χ2v) is 8.60. The average molecular weight is 466 g/mol. The van der Waals surface area contributed by atoms with Crippen LogP contribution in [0.4, 0.5) is 26.0 Å². The summed E-state index contributed by atoms with van der Waals surface area (Å²) >= 11 is 0. The van der Waals surface area contributed by atoms with E-state index in [-0.39, 0.29) is 41.6 Å². The first-order valence-corrected chi connectivity index (χ1v) is 10.5. The minimum absolute atomic E-state index is 0.0646. The summed E-state index contributed by atoms with van der Waals surface area (Å²) in [4.78, 5) is 28.7. The Morgan fingerprint density at radius 3 is 2.56 bits per heavy atom. The Morgan fingerprint density at radius 1 is 1.29 bits per heavy atom. The van der Waals surface area contributed by atoms with Gasteiger partial charge < -0.3 is 14.3 Å². The molecule has 1 saturated heterocycles. The van der Waals surface area contributed by atoms with Crippen LogP contribution in [0.1, 0.15) is 23.2 Å². The molecule has 2 aromatic heterocycles. The maximum absolute atomic E-state index is 14.0. The number of halogens is 2. The topological polar surface area (TPSA) is 116 Å². The van der Waals surface area contributed by atoms with Gasteiger partial charge in [-0.1, -0.05) is 5.16 Å². The van der Waals surface area contributed by atoms with E-state index in [1.54, 1.807) is 19.0 Å². The minimum atomic E-state index is -0.864. The van der Waals surface area contributed by atoms with Gasteiger partial charge in [-0.3, -0.25) is 9.36 Å². The van der Waals surface area contributed by atoms with Crippen LogP contribution in [0.5, 0.6) is 0 Å². The molecule has 1 saturated carbocycles. The summed E-state index contributed by atoms with van der Waals surface area (Å²) < 4.78 is 34.7. The van der Waals surface area contributed by atoms with Gasteiger partial charge in [0.2, 0.25) is 5.89 Å². The first-order valence-electron chi connectivity index (χ1n) is 10.5. The van der Waals surface area contributed by atoms with Crippen LogP contribution < -0.4 is 15.4 Å². The molecule has 10 nitrogen and oxygen atoms in total. The van der Waals surface area contributed by atoms with Gasteiger partial charge in [0.15, 0.2) is 11.6 Å². The zero-order valence-corrected chi connectivity index (χ0v) is 18.4. The van der Waals surface area contributed by atoms with Crippen LogP contribution in [0.2, 0.25) is 0 Å². The summed E-state index contributed by atoms with van der Waals surface area (Å²) in [5.41, 5.74) is -0.157. The molecule has 1 aromatic carbocycles. The van der Waals surface area contributed by atoms with Crippen molar-refractivity contribution in [3.8, 4) is 6.07 Å². The lowest BCUT2D eigenvalue weighted by molar-refractivity contribution is 0.363. The van der Waals surface area contributed by atoms with Gasteiger partial charge in [0.25, 0.3) is 5.56 Å². The van der Waals surface area contributed by atoms with E-state index in [0.717, 1.165) is 0 Å². The highest BCUT2D eigenvalue weighted by Crippen LogP contribution is 2.58. The molecule has 34 heavy (non-hydrogen) atoms. The fraction of sp³-hybridized carbons (Fsp3) is 0.364. The van der Waals surface area contributed by atoms with Crippen LogP contribution in [0.15, 0.2) is 32.8 Å². The fourth-order valence-corrected chi connectivity index (χ4v) is 4.67. The summed E-state index contributed by atoms with van der Waals surface area (Å²) in [7, 11) is 3.44. The molecule has 2 atom stereocenters. The minimum Gasteiger partial charge on any atom is -0.371 e. The van der Waals surface area contributed by atoms with E-state index < -0.39 is 17.2 Å². The van der Waals surface area contributed by atoms with Gasteiger partial charge in [-0.25, -0.2) is 18.8 Å². The zero-order chi connectivity index (χ0) is 24.1. The molecule has 1 aliphatic heterocycles. The van der Waals surface area contributed by atoms with Crippen molar-refractivity contribution in [3.63, 3.8) is 0 Å². The SMILES string of the molecule is C=Nc1ncn(Cc2nc(C3C4CN(c5cc(F)c(C#N)c(F)c5)CC43)no2)c(=O)c1N(C)C. The highest BCUT2D eigenvalue weighted by molar-refractivity contribution is 5.62. The van der Waals surface area contributed by atoms with E-state index in [1.165, 1.54) is 29.1 Å². The van der Waals surface area contributed by atoms with Crippen molar-refractivity contribution in [3.05, 3.63) is 57.7 Å². The summed E-state index contributed by atoms with van der Waals surface area (Å²) in [6.07, 6.45) is 1.36. The smallest absolute Gasteiger partial charge is 0.279 e. The molecule has 0 amide bonds. The van der Waals surface area contributed by atoms with Crippen molar-refractivity contribution in [2.45, 2.75) is 12.5 Å². The second-order valence-electron chi connectivity index (χ2n) is 8.60. The van der Waals surface area contributed by atoms with Crippen molar-refractivity contribution >= 4 is 23.9 Å². The van der Waals surface area contributed by atoms with E-state index in [9.17, 15) is 13.6 Å². The van der Waals surface area contributed by atoms with Gasteiger partial charge >= 0.3 is 0 Å². The number of benzene rings is 1. The lowest BCUT2D eigenvalue weighted by Gasteiger charge is -2.21. The molecule has 2 unspecified atom stereocenters. The average Bonchev–Trinajstić information content (AvgIpc) is 3.14. The van der Waals surface area contributed by atoms with Crippen LogP contribution in [0, 0.1) is 34.8 Å². The first kappa shape index (κ1) is 21.7. The maximum atomic E-state index is 14.0. The number of fused-ring (bicyclic) bond motifs is 1. The third-order valence-corrected chi connectivity index (χ3v) is 6.38. The van der Waals surface area contributed by atoms with E-state index in [4.69, 9.17) is 9.78 Å². The quantitative estimate of drug-likeness (QED) is 0.507. The number of hydrogen-bond donors (Lipinski definition) is 0. The predicted octanol–water partition coefficient (Wildman–Crippen LogP) is 2.07. The molecule has 0 spiro atoms. The molecule has 0 radical (unpaired) electrons. The molecule has 0 bridgehead atoms. The maximum Gasteiger partial charge on any atom is 0.279 e. The van der Waals surface area contributed by atoms with E-state index in [0.29, 0.717) is 30.3 Å². The molecule has 0 N–H and O–H groups in total. The Hall–Kier alpha value is -4.14. The summed E-state index contributed by atoms with van der Waals surface area (Å²) in [5.74, 6) is -0.102. The van der Waals surface area contributed by atoms with Gasteiger partial charge in [0.05, 0.1) is 0 Å². The summed E-state index contributed by atoms with van der Waals surface area (Å²) in [6, 6.07) is 3.91. The number of piperidine rings is 1. The molecule has 3 heterocycles. The van der Waals surface area contributed by atoms with Gasteiger partial charge in [-0.15, -0.1) is 0 Å². The molecular weight excluding hydrogens is 446 g/mol. The van der Waals surface area contributed by atoms with Crippen molar-refractivity contribution in [2.75, 3.05) is 37.0 Å². The Kier molecular flexibility index (Phi) is 5.11. The van der Waals surface area contributed by atoms with Gasteiger partial charge in [0, 0.05) is 38.8 Å². The monoisotopic (exact) mass is 466 g/mol. The van der Waals surface area contributed by atoms with Crippen LogP contribution >= 0.6 is 0 Å². The van der Waals surface area contributed by atoms with Gasteiger partial charge in [0.1, 0.15) is 41.8 Å². The molecule has 174 valence electrons. The Bertz CT molecular complexity index is 1360. The fourth-order valence-electron chi connectivity index (χ4n) is 4.67. The van der Waals surface area contributed by atoms with Gasteiger partial charge in [-0.05, 0) is 30.7 Å². The van der Waals surface area contributed by atoms with Crippen molar-refractivity contribution in [1.82, 2.24) is 19.7 Å². The van der Waals surface area contributed by atoms with Crippen molar-refractivity contribution < 1.29 is 13.3 Å². The Morgan fingerprint density at radius 2 is 1.97 bits per heavy atom. The Labute approximate surface area is 192 Å². The van der Waals surface area contributed by atoms with Crippen LogP contribution in [0.25, 0.3) is 0 Å². The van der Waals surface area contributed by atoms with Crippen LogP contribution in [-0.2, 0) is 6.54 Å². The molecule has 3 aromatic rings. The number of aliphatic imine (C=N–C) groups is 1. The highest BCUT2D eigenvalue weighted by atomic mass is 19.1. The van der Waals surface area contributed by atoms with Crippen LogP contribution in [0.3, 0.4) is 0 Å². The number of hydrogen-bond acceptors (Lipinski definition) is 9. The normalized spacial score (nSPS) is 20.7. The molecule has 2 aliphatic rings. The lowest BCUT2D eigenvalue weighted by Crippen LogP contribution is -2.28. The van der Waals surface area contributed by atoms with Crippen LogP contribution in [-0.4, -0.2) is 53.6 Å². The molecule has 2 fully saturated rings. The van der Waals surface area contributed by atoms with Crippen molar-refractivity contribution in [2.24, 2.45) is 16.8 Å². The number of aromatic nitrogens is 4. The molecular formula is C22H20F2N8O2. The van der Waals surface area contributed by atoms with E-state index >= 15 is 0 Å². The van der Waals surface area contributed by atoms with Crippen molar-refractivity contribution in [1.29, 1.82) is 5.26 Å². The third-order valence-electron chi connectivity index (χ3n) is 6.38. The standard InChI is InChI=1S/C22H20F2N8O2/c1-26-21-19(30(2)3)22(33)32(10-27-21)9-17-28-20(29-34-17)18-13-7-31(8-14(13)18)11-4-15(23)12(6-25)16(24)5-11/h4-5,10,13-14,18H,1,7-9H2,2-3H3. The molecule has 12 heteroatoms. The number of rotatable bonds is 6. The van der Waals surface area contributed by atoms with E-state index in [2.05, 4.69) is 26.8 Å². The largest absolute Gasteiger partial charge is 0.371 e.